The number of likely N-dealkylation sites (tertiary alicyclic amines) is 1. The molecule has 0 atom stereocenters. The third-order valence-electron chi connectivity index (χ3n) is 4.75. The Morgan fingerprint density at radius 2 is 2.04 bits per heavy atom. The van der Waals surface area contributed by atoms with Crippen molar-refractivity contribution in [3.63, 3.8) is 0 Å². The summed E-state index contributed by atoms with van der Waals surface area (Å²) in [5, 5.41) is 11.2. The van der Waals surface area contributed by atoms with Crippen LogP contribution in [0.5, 0.6) is 0 Å². The molecule has 0 saturated carbocycles. The third-order valence-corrected chi connectivity index (χ3v) is 5.75. The number of pyridine rings is 1. The van der Waals surface area contributed by atoms with Crippen LogP contribution < -0.4 is 5.73 Å². The second-order valence-electron chi connectivity index (χ2n) is 6.53. The van der Waals surface area contributed by atoms with Crippen LogP contribution in [-0.2, 0) is 6.54 Å². The first-order valence-electron chi connectivity index (χ1n) is 9.00. The van der Waals surface area contributed by atoms with Gasteiger partial charge in [0.05, 0.1) is 23.4 Å². The summed E-state index contributed by atoms with van der Waals surface area (Å²) in [7, 11) is 0. The SMILES string of the molecule is NCCn1cc(C(=O)N2CCC(c3nc(-c4ccncc4)cs3)CC2)nn1. The fraction of sp³-hybridized carbons (Fsp3) is 0.389. The molecule has 4 heterocycles. The Morgan fingerprint density at radius 3 is 2.78 bits per heavy atom. The number of hydrogen-bond acceptors (Lipinski definition) is 7. The summed E-state index contributed by atoms with van der Waals surface area (Å²) in [5.41, 5.74) is 7.97. The molecule has 140 valence electrons. The van der Waals surface area contributed by atoms with Crippen LogP contribution in [0.2, 0.25) is 0 Å². The van der Waals surface area contributed by atoms with E-state index in [1.165, 1.54) is 0 Å². The van der Waals surface area contributed by atoms with E-state index in [0.717, 1.165) is 29.1 Å². The second-order valence-corrected chi connectivity index (χ2v) is 7.42. The highest BCUT2D eigenvalue weighted by Crippen LogP contribution is 2.33. The molecule has 1 amide bonds. The average molecular weight is 383 g/mol. The number of thiazole rings is 1. The fourth-order valence-corrected chi connectivity index (χ4v) is 4.26. The molecule has 3 aromatic heterocycles. The first-order valence-corrected chi connectivity index (χ1v) is 9.88. The summed E-state index contributed by atoms with van der Waals surface area (Å²) in [5.74, 6) is 0.330. The highest BCUT2D eigenvalue weighted by atomic mass is 32.1. The minimum Gasteiger partial charge on any atom is -0.337 e. The molecule has 0 aliphatic carbocycles. The van der Waals surface area contributed by atoms with Crippen molar-refractivity contribution in [3.8, 4) is 11.3 Å². The molecule has 1 aliphatic rings. The Kier molecular flexibility index (Phi) is 5.21. The van der Waals surface area contributed by atoms with Crippen molar-refractivity contribution in [1.82, 2.24) is 29.9 Å². The lowest BCUT2D eigenvalue weighted by molar-refractivity contribution is 0.0707. The van der Waals surface area contributed by atoms with Gasteiger partial charge >= 0.3 is 0 Å². The summed E-state index contributed by atoms with van der Waals surface area (Å²) in [6.45, 7) is 2.44. The van der Waals surface area contributed by atoms with E-state index in [1.54, 1.807) is 34.6 Å². The number of rotatable bonds is 5. The van der Waals surface area contributed by atoms with Gasteiger partial charge in [-0.05, 0) is 25.0 Å². The number of amides is 1. The number of hydrogen-bond donors (Lipinski definition) is 1. The summed E-state index contributed by atoms with van der Waals surface area (Å²) in [6, 6.07) is 3.94. The van der Waals surface area contributed by atoms with Crippen molar-refractivity contribution in [2.75, 3.05) is 19.6 Å². The van der Waals surface area contributed by atoms with Gasteiger partial charge in [0.2, 0.25) is 0 Å². The predicted octanol–water partition coefficient (Wildman–Crippen LogP) is 1.78. The van der Waals surface area contributed by atoms with Crippen LogP contribution in [-0.4, -0.2) is 55.4 Å². The van der Waals surface area contributed by atoms with E-state index in [1.807, 2.05) is 17.0 Å². The molecule has 9 heteroatoms. The molecule has 4 rings (SSSR count). The van der Waals surface area contributed by atoms with Gasteiger partial charge < -0.3 is 10.6 Å². The van der Waals surface area contributed by atoms with E-state index < -0.39 is 0 Å². The number of carbonyl (C=O) groups is 1. The summed E-state index contributed by atoms with van der Waals surface area (Å²) < 4.78 is 1.61. The van der Waals surface area contributed by atoms with E-state index in [0.29, 0.717) is 37.8 Å². The lowest BCUT2D eigenvalue weighted by Gasteiger charge is -2.30. The van der Waals surface area contributed by atoms with Gasteiger partial charge in [-0.1, -0.05) is 5.21 Å². The minimum atomic E-state index is -0.0617. The fourth-order valence-electron chi connectivity index (χ4n) is 3.26. The van der Waals surface area contributed by atoms with E-state index in [2.05, 4.69) is 20.7 Å². The predicted molar refractivity (Wildman–Crippen MR) is 102 cm³/mol. The normalized spacial score (nSPS) is 15.2. The van der Waals surface area contributed by atoms with Crippen LogP contribution in [0, 0.1) is 0 Å². The molecule has 8 nitrogen and oxygen atoms in total. The van der Waals surface area contributed by atoms with Gasteiger partial charge in [0.15, 0.2) is 5.69 Å². The Labute approximate surface area is 161 Å². The number of carbonyl (C=O) groups excluding carboxylic acids is 1. The van der Waals surface area contributed by atoms with Crippen molar-refractivity contribution in [2.24, 2.45) is 5.73 Å². The van der Waals surface area contributed by atoms with Crippen molar-refractivity contribution in [1.29, 1.82) is 0 Å². The Bertz CT molecular complexity index is 899. The molecule has 3 aromatic rings. The van der Waals surface area contributed by atoms with E-state index in [9.17, 15) is 4.79 Å². The van der Waals surface area contributed by atoms with Crippen LogP contribution in [0.15, 0.2) is 36.1 Å². The van der Waals surface area contributed by atoms with Gasteiger partial charge in [-0.3, -0.25) is 14.5 Å². The number of nitrogens with two attached hydrogens (primary N) is 1. The molecular formula is C18H21N7OS. The van der Waals surface area contributed by atoms with Crippen molar-refractivity contribution < 1.29 is 4.79 Å². The summed E-state index contributed by atoms with van der Waals surface area (Å²) in [4.78, 5) is 23.3. The van der Waals surface area contributed by atoms with Crippen LogP contribution in [0.1, 0.15) is 34.3 Å². The lowest BCUT2D eigenvalue weighted by atomic mass is 9.97. The average Bonchev–Trinajstić information content (AvgIpc) is 3.39. The molecule has 1 saturated heterocycles. The monoisotopic (exact) mass is 383 g/mol. The van der Waals surface area contributed by atoms with Crippen molar-refractivity contribution in [3.05, 3.63) is 46.8 Å². The quantitative estimate of drug-likeness (QED) is 0.720. The van der Waals surface area contributed by atoms with Crippen LogP contribution in [0.4, 0.5) is 0 Å². The van der Waals surface area contributed by atoms with Gasteiger partial charge in [0.1, 0.15) is 0 Å². The molecule has 1 aliphatic heterocycles. The van der Waals surface area contributed by atoms with Gasteiger partial charge in [0.25, 0.3) is 5.91 Å². The van der Waals surface area contributed by atoms with Crippen LogP contribution >= 0.6 is 11.3 Å². The number of nitrogens with zero attached hydrogens (tertiary/aromatic N) is 6. The maximum atomic E-state index is 12.6. The highest BCUT2D eigenvalue weighted by Gasteiger charge is 2.27. The smallest absolute Gasteiger partial charge is 0.276 e. The number of aromatic nitrogens is 5. The van der Waals surface area contributed by atoms with E-state index >= 15 is 0 Å². The molecule has 27 heavy (non-hydrogen) atoms. The topological polar surface area (TPSA) is 103 Å². The second kappa shape index (κ2) is 7.93. The van der Waals surface area contributed by atoms with Gasteiger partial charge in [-0.15, -0.1) is 16.4 Å². The van der Waals surface area contributed by atoms with E-state index in [4.69, 9.17) is 10.7 Å². The molecular weight excluding hydrogens is 362 g/mol. The minimum absolute atomic E-state index is 0.0617. The molecule has 0 radical (unpaired) electrons. The zero-order valence-corrected chi connectivity index (χ0v) is 15.7. The van der Waals surface area contributed by atoms with Crippen molar-refractivity contribution in [2.45, 2.75) is 25.3 Å². The largest absolute Gasteiger partial charge is 0.337 e. The molecule has 0 bridgehead atoms. The number of piperidine rings is 1. The summed E-state index contributed by atoms with van der Waals surface area (Å²) in [6.07, 6.45) is 7.05. The first kappa shape index (κ1) is 17.7. The third kappa shape index (κ3) is 3.88. The Hall–Kier alpha value is -2.65. The van der Waals surface area contributed by atoms with Gasteiger partial charge in [0, 0.05) is 48.9 Å². The van der Waals surface area contributed by atoms with Crippen LogP contribution in [0.3, 0.4) is 0 Å². The molecule has 2 N–H and O–H groups in total. The van der Waals surface area contributed by atoms with Gasteiger partial charge in [-0.2, -0.15) is 0 Å². The zero-order valence-electron chi connectivity index (χ0n) is 14.9. The molecule has 0 unspecified atom stereocenters. The Balaban J connectivity index is 1.37. The molecule has 0 aromatic carbocycles. The van der Waals surface area contributed by atoms with Gasteiger partial charge in [-0.25, -0.2) is 4.98 Å². The van der Waals surface area contributed by atoms with E-state index in [-0.39, 0.29) is 5.91 Å². The van der Waals surface area contributed by atoms with Crippen LogP contribution in [0.25, 0.3) is 11.3 Å². The maximum absolute atomic E-state index is 12.6. The standard InChI is InChI=1S/C18H21N7OS/c19-5-10-25-11-15(22-23-25)18(26)24-8-3-14(4-9-24)17-21-16(12-27-17)13-1-6-20-7-2-13/h1-2,6-7,11-12,14H,3-5,8-10,19H2. The Morgan fingerprint density at radius 1 is 1.26 bits per heavy atom. The highest BCUT2D eigenvalue weighted by molar-refractivity contribution is 7.10. The lowest BCUT2D eigenvalue weighted by Crippen LogP contribution is -2.38. The molecule has 0 spiro atoms. The molecule has 1 fully saturated rings. The summed E-state index contributed by atoms with van der Waals surface area (Å²) >= 11 is 1.69. The van der Waals surface area contributed by atoms with Crippen molar-refractivity contribution >= 4 is 17.2 Å². The first-order chi connectivity index (χ1) is 13.2. The maximum Gasteiger partial charge on any atom is 0.276 e. The zero-order chi connectivity index (χ0) is 18.6.